The first-order chi connectivity index (χ1) is 5.39. The number of rotatable bonds is 0. The molecule has 0 atom stereocenters. The van der Waals surface area contributed by atoms with Crippen molar-refractivity contribution in [1.82, 2.24) is 5.32 Å². The average molecular weight is 185 g/mol. The van der Waals surface area contributed by atoms with Crippen LogP contribution in [0.4, 0.5) is 0 Å². The van der Waals surface area contributed by atoms with E-state index in [-0.39, 0.29) is 11.0 Å². The molecule has 1 aromatic rings. The predicted molar refractivity (Wildman–Crippen MR) is 55.9 cm³/mol. The van der Waals surface area contributed by atoms with Gasteiger partial charge >= 0.3 is 0 Å². The first kappa shape index (κ1) is 14.6. The van der Waals surface area contributed by atoms with Crippen molar-refractivity contribution in [1.29, 1.82) is 0 Å². The monoisotopic (exact) mass is 185 g/mol. The summed E-state index contributed by atoms with van der Waals surface area (Å²) in [6, 6.07) is 10.3. The normalized spacial score (nSPS) is 12.1. The highest BCUT2D eigenvalue weighted by Crippen LogP contribution is 1.92. The molecule has 0 radical (unpaired) electrons. The highest BCUT2D eigenvalue weighted by Gasteiger charge is 1.92. The fraction of sp³-hybridized carbons (Fsp3) is 0.400. The molecule has 3 nitrogen and oxygen atoms in total. The van der Waals surface area contributed by atoms with Crippen LogP contribution >= 0.6 is 0 Å². The molecule has 0 spiro atoms. The Labute approximate surface area is 79.4 Å². The molecule has 0 unspecified atom stereocenters. The van der Waals surface area contributed by atoms with Gasteiger partial charge in [0, 0.05) is 0 Å². The molecule has 1 saturated heterocycles. The number of nitrogens with one attached hydrogen (secondary N) is 1. The summed E-state index contributed by atoms with van der Waals surface area (Å²) < 4.78 is 0. The van der Waals surface area contributed by atoms with Crippen molar-refractivity contribution >= 4 is 0 Å². The molecule has 1 aliphatic rings. The van der Waals surface area contributed by atoms with Crippen LogP contribution in [0.1, 0.15) is 12.0 Å². The third-order valence-corrected chi connectivity index (χ3v) is 1.65. The molecule has 2 rings (SSSR count). The molecular formula is C10H19NO2. The minimum absolute atomic E-state index is 0. The Morgan fingerprint density at radius 1 is 1.00 bits per heavy atom. The summed E-state index contributed by atoms with van der Waals surface area (Å²) in [5.41, 5.74) is 1.32. The van der Waals surface area contributed by atoms with E-state index in [0.717, 1.165) is 0 Å². The minimum atomic E-state index is 0. The molecule has 1 aliphatic heterocycles. The number of benzene rings is 1. The molecule has 0 saturated carbocycles. The van der Waals surface area contributed by atoms with Crippen LogP contribution in [0, 0.1) is 6.92 Å². The van der Waals surface area contributed by atoms with Gasteiger partial charge in [-0.3, -0.25) is 0 Å². The van der Waals surface area contributed by atoms with Crippen molar-refractivity contribution in [3.63, 3.8) is 0 Å². The van der Waals surface area contributed by atoms with Gasteiger partial charge in [-0.1, -0.05) is 35.9 Å². The maximum Gasteiger partial charge on any atom is -0.00368 e. The van der Waals surface area contributed by atoms with Crippen LogP contribution in [-0.2, 0) is 0 Å². The highest BCUT2D eigenvalue weighted by atomic mass is 16.0. The standard InChI is InChI=1S/C7H8.C3H7N.2H2O/c1-7-5-3-2-4-6-7;1-2-4-3-1;;/h2-6H,1H3;4H,1-3H2;2*1H2. The first-order valence-electron chi connectivity index (χ1n) is 4.12. The van der Waals surface area contributed by atoms with Crippen molar-refractivity contribution in [3.05, 3.63) is 35.9 Å². The zero-order chi connectivity index (χ0) is 7.94. The highest BCUT2D eigenvalue weighted by molar-refractivity contribution is 5.11. The molecule has 0 aromatic heterocycles. The first-order valence-corrected chi connectivity index (χ1v) is 4.12. The van der Waals surface area contributed by atoms with Crippen molar-refractivity contribution < 1.29 is 11.0 Å². The van der Waals surface area contributed by atoms with Crippen LogP contribution in [0.5, 0.6) is 0 Å². The summed E-state index contributed by atoms with van der Waals surface area (Å²) in [5, 5.41) is 3.11. The topological polar surface area (TPSA) is 75.0 Å². The molecule has 0 bridgehead atoms. The molecule has 0 amide bonds. The Morgan fingerprint density at radius 2 is 1.38 bits per heavy atom. The van der Waals surface area contributed by atoms with E-state index in [0.29, 0.717) is 0 Å². The van der Waals surface area contributed by atoms with Crippen LogP contribution in [0.15, 0.2) is 30.3 Å². The molecule has 1 aromatic carbocycles. The molecule has 0 aliphatic carbocycles. The SMILES string of the molecule is C1CNC1.Cc1ccccc1.O.O. The fourth-order valence-electron chi connectivity index (χ4n) is 0.711. The second-order valence-electron chi connectivity index (χ2n) is 2.76. The predicted octanol–water partition coefficient (Wildman–Crippen LogP) is 0.325. The van der Waals surface area contributed by atoms with Crippen molar-refractivity contribution in [2.24, 2.45) is 0 Å². The van der Waals surface area contributed by atoms with E-state index < -0.39 is 0 Å². The lowest BCUT2D eigenvalue weighted by Gasteiger charge is -2.09. The Kier molecular flexibility index (Phi) is 10.3. The lowest BCUT2D eigenvalue weighted by molar-refractivity contribution is 0.527. The molecule has 5 N–H and O–H groups in total. The van der Waals surface area contributed by atoms with Gasteiger partial charge in [-0.15, -0.1) is 0 Å². The molecule has 1 fully saturated rings. The second-order valence-corrected chi connectivity index (χ2v) is 2.76. The van der Waals surface area contributed by atoms with Gasteiger partial charge in [0.25, 0.3) is 0 Å². The Balaban J connectivity index is 0. The largest absolute Gasteiger partial charge is 0.412 e. The Hall–Kier alpha value is -0.900. The third-order valence-electron chi connectivity index (χ3n) is 1.65. The van der Waals surface area contributed by atoms with Crippen molar-refractivity contribution in [2.45, 2.75) is 13.3 Å². The summed E-state index contributed by atoms with van der Waals surface area (Å²) in [6.45, 7) is 4.58. The molecule has 76 valence electrons. The fourth-order valence-corrected chi connectivity index (χ4v) is 0.711. The second kappa shape index (κ2) is 9.19. The number of hydrogen-bond acceptors (Lipinski definition) is 1. The quantitative estimate of drug-likeness (QED) is 0.621. The Morgan fingerprint density at radius 3 is 1.54 bits per heavy atom. The van der Waals surface area contributed by atoms with E-state index in [2.05, 4.69) is 24.4 Å². The molecule has 3 heteroatoms. The average Bonchev–Trinajstić information content (AvgIpc) is 1.85. The van der Waals surface area contributed by atoms with Gasteiger partial charge in [-0.25, -0.2) is 0 Å². The lowest BCUT2D eigenvalue weighted by atomic mass is 10.2. The number of hydrogen-bond donors (Lipinski definition) is 1. The van der Waals surface area contributed by atoms with Crippen LogP contribution in [0.25, 0.3) is 0 Å². The van der Waals surface area contributed by atoms with E-state index in [1.807, 2.05) is 18.2 Å². The zero-order valence-corrected chi connectivity index (χ0v) is 8.01. The Bertz CT molecular complexity index is 181. The maximum absolute atomic E-state index is 3.11. The van der Waals surface area contributed by atoms with Crippen molar-refractivity contribution in [3.8, 4) is 0 Å². The maximum atomic E-state index is 3.11. The van der Waals surface area contributed by atoms with Gasteiger partial charge in [0.05, 0.1) is 0 Å². The zero-order valence-electron chi connectivity index (χ0n) is 8.01. The van der Waals surface area contributed by atoms with Gasteiger partial charge < -0.3 is 16.3 Å². The molecular weight excluding hydrogens is 166 g/mol. The summed E-state index contributed by atoms with van der Waals surface area (Å²) in [6.07, 6.45) is 1.39. The smallest absolute Gasteiger partial charge is 0.00368 e. The van der Waals surface area contributed by atoms with Gasteiger partial charge in [0.2, 0.25) is 0 Å². The van der Waals surface area contributed by atoms with Gasteiger partial charge in [-0.05, 0) is 26.4 Å². The number of aryl methyl sites for hydroxylation is 1. The van der Waals surface area contributed by atoms with E-state index in [9.17, 15) is 0 Å². The molecule has 1 heterocycles. The van der Waals surface area contributed by atoms with Gasteiger partial charge in [-0.2, -0.15) is 0 Å². The van der Waals surface area contributed by atoms with Crippen LogP contribution < -0.4 is 5.32 Å². The summed E-state index contributed by atoms with van der Waals surface area (Å²) in [5.74, 6) is 0. The third kappa shape index (κ3) is 7.46. The summed E-state index contributed by atoms with van der Waals surface area (Å²) in [7, 11) is 0. The van der Waals surface area contributed by atoms with Crippen LogP contribution in [0.3, 0.4) is 0 Å². The summed E-state index contributed by atoms with van der Waals surface area (Å²) >= 11 is 0. The van der Waals surface area contributed by atoms with E-state index in [1.165, 1.54) is 25.1 Å². The minimum Gasteiger partial charge on any atom is -0.412 e. The molecule has 13 heavy (non-hydrogen) atoms. The summed E-state index contributed by atoms with van der Waals surface area (Å²) in [4.78, 5) is 0. The van der Waals surface area contributed by atoms with E-state index in [4.69, 9.17) is 0 Å². The van der Waals surface area contributed by atoms with E-state index in [1.54, 1.807) is 0 Å². The van der Waals surface area contributed by atoms with Crippen molar-refractivity contribution in [2.75, 3.05) is 13.1 Å². The van der Waals surface area contributed by atoms with E-state index >= 15 is 0 Å². The van der Waals surface area contributed by atoms with Gasteiger partial charge in [0.1, 0.15) is 0 Å². The lowest BCUT2D eigenvalue weighted by Crippen LogP contribution is -2.29. The van der Waals surface area contributed by atoms with Crippen LogP contribution in [-0.4, -0.2) is 24.0 Å². The van der Waals surface area contributed by atoms with Crippen LogP contribution in [0.2, 0.25) is 0 Å². The van der Waals surface area contributed by atoms with Gasteiger partial charge in [0.15, 0.2) is 0 Å².